The van der Waals surface area contributed by atoms with E-state index in [2.05, 4.69) is 11.8 Å². The fraction of sp³-hybridized carbons (Fsp3) is 0.471. The third-order valence-corrected chi connectivity index (χ3v) is 3.78. The van der Waals surface area contributed by atoms with Crippen LogP contribution in [-0.4, -0.2) is 37.1 Å². The van der Waals surface area contributed by atoms with Crippen molar-refractivity contribution in [2.24, 2.45) is 11.7 Å². The Morgan fingerprint density at radius 2 is 2.14 bits per heavy atom. The molecule has 2 atom stereocenters. The lowest BCUT2D eigenvalue weighted by Crippen LogP contribution is -2.35. The molecule has 1 amide bonds. The number of ether oxygens (including phenoxy) is 1. The van der Waals surface area contributed by atoms with Gasteiger partial charge >= 0.3 is 0 Å². The van der Waals surface area contributed by atoms with E-state index in [0.29, 0.717) is 19.7 Å². The average Bonchev–Trinajstić information content (AvgIpc) is 2.92. The molecule has 1 aromatic carbocycles. The zero-order valence-corrected chi connectivity index (χ0v) is 12.6. The highest BCUT2D eigenvalue weighted by atomic mass is 16.5. The van der Waals surface area contributed by atoms with E-state index in [-0.39, 0.29) is 17.9 Å². The number of amides is 1. The first-order valence-electron chi connectivity index (χ1n) is 7.26. The molecule has 1 saturated heterocycles. The molecule has 1 heterocycles. The van der Waals surface area contributed by atoms with E-state index in [0.717, 1.165) is 17.5 Å². The van der Waals surface area contributed by atoms with Crippen molar-refractivity contribution in [1.82, 2.24) is 4.90 Å². The Kier molecular flexibility index (Phi) is 5.38. The molecule has 112 valence electrons. The van der Waals surface area contributed by atoms with Crippen molar-refractivity contribution < 1.29 is 9.53 Å². The monoisotopic (exact) mass is 286 g/mol. The molecule has 0 spiro atoms. The van der Waals surface area contributed by atoms with Gasteiger partial charge in [-0.05, 0) is 31.0 Å². The predicted molar refractivity (Wildman–Crippen MR) is 82.4 cm³/mol. The van der Waals surface area contributed by atoms with Crippen molar-refractivity contribution in [2.45, 2.75) is 26.0 Å². The SMILES string of the molecule is CC1OCCC1C(=O)N(C)Cc1ccc(C#CCN)cc1. The Labute approximate surface area is 126 Å². The number of nitrogens with two attached hydrogens (primary N) is 1. The van der Waals surface area contributed by atoms with Crippen LogP contribution in [0.2, 0.25) is 0 Å². The lowest BCUT2D eigenvalue weighted by Gasteiger charge is -2.22. The summed E-state index contributed by atoms with van der Waals surface area (Å²) in [5, 5.41) is 0. The van der Waals surface area contributed by atoms with Crippen LogP contribution < -0.4 is 5.73 Å². The number of rotatable bonds is 3. The number of hydrogen-bond donors (Lipinski definition) is 1. The van der Waals surface area contributed by atoms with E-state index in [1.54, 1.807) is 4.90 Å². The van der Waals surface area contributed by atoms with E-state index in [1.165, 1.54) is 0 Å². The molecule has 21 heavy (non-hydrogen) atoms. The third kappa shape index (κ3) is 4.07. The standard InChI is InChI=1S/C17H22N2O2/c1-13-16(9-11-21-13)17(20)19(2)12-15-7-5-14(6-8-15)4-3-10-18/h5-8,13,16H,9-12,18H2,1-2H3. The molecule has 0 saturated carbocycles. The Morgan fingerprint density at radius 3 is 2.71 bits per heavy atom. The molecule has 0 radical (unpaired) electrons. The normalized spacial score (nSPS) is 20.7. The van der Waals surface area contributed by atoms with Crippen molar-refractivity contribution >= 4 is 5.91 Å². The zero-order chi connectivity index (χ0) is 15.2. The molecular formula is C17H22N2O2. The van der Waals surface area contributed by atoms with Crippen LogP contribution >= 0.6 is 0 Å². The largest absolute Gasteiger partial charge is 0.378 e. The van der Waals surface area contributed by atoms with E-state index in [9.17, 15) is 4.79 Å². The molecule has 0 aromatic heterocycles. The Bertz CT molecular complexity index is 542. The molecule has 1 aromatic rings. The van der Waals surface area contributed by atoms with Crippen molar-refractivity contribution in [3.05, 3.63) is 35.4 Å². The minimum atomic E-state index is -0.00954. The van der Waals surface area contributed by atoms with Crippen LogP contribution in [0.3, 0.4) is 0 Å². The molecule has 2 unspecified atom stereocenters. The van der Waals surface area contributed by atoms with Gasteiger partial charge in [-0.15, -0.1) is 0 Å². The van der Waals surface area contributed by atoms with Crippen molar-refractivity contribution in [3.63, 3.8) is 0 Å². The number of carbonyl (C=O) groups is 1. The van der Waals surface area contributed by atoms with Crippen molar-refractivity contribution in [2.75, 3.05) is 20.2 Å². The van der Waals surface area contributed by atoms with Gasteiger partial charge in [0.15, 0.2) is 0 Å². The smallest absolute Gasteiger partial charge is 0.228 e. The van der Waals surface area contributed by atoms with E-state index in [4.69, 9.17) is 10.5 Å². The first-order valence-corrected chi connectivity index (χ1v) is 7.26. The van der Waals surface area contributed by atoms with Gasteiger partial charge in [-0.1, -0.05) is 24.0 Å². The van der Waals surface area contributed by atoms with Crippen LogP contribution in [0.4, 0.5) is 0 Å². The van der Waals surface area contributed by atoms with Crippen LogP contribution in [-0.2, 0) is 16.1 Å². The highest BCUT2D eigenvalue weighted by Crippen LogP contribution is 2.23. The third-order valence-electron chi connectivity index (χ3n) is 3.78. The second-order valence-electron chi connectivity index (χ2n) is 5.37. The minimum absolute atomic E-state index is 0.00954. The first kappa shape index (κ1) is 15.6. The maximum absolute atomic E-state index is 12.4. The summed E-state index contributed by atoms with van der Waals surface area (Å²) in [7, 11) is 1.84. The van der Waals surface area contributed by atoms with Gasteiger partial charge in [0.05, 0.1) is 18.6 Å². The van der Waals surface area contributed by atoms with Crippen molar-refractivity contribution in [1.29, 1.82) is 0 Å². The average molecular weight is 286 g/mol. The summed E-state index contributed by atoms with van der Waals surface area (Å²) in [5.41, 5.74) is 7.38. The summed E-state index contributed by atoms with van der Waals surface area (Å²) in [5.74, 6) is 5.96. The van der Waals surface area contributed by atoms with Crippen molar-refractivity contribution in [3.8, 4) is 11.8 Å². The van der Waals surface area contributed by atoms with Crippen LogP contribution in [0.15, 0.2) is 24.3 Å². The lowest BCUT2D eigenvalue weighted by atomic mass is 10.0. The predicted octanol–water partition coefficient (Wildman–Crippen LogP) is 1.38. The molecule has 4 heteroatoms. The van der Waals surface area contributed by atoms with E-state index < -0.39 is 0 Å². The molecule has 0 bridgehead atoms. The quantitative estimate of drug-likeness (QED) is 0.854. The number of carbonyl (C=O) groups excluding carboxylic acids is 1. The summed E-state index contributed by atoms with van der Waals surface area (Å²) >= 11 is 0. The van der Waals surface area contributed by atoms with Crippen LogP contribution in [0.5, 0.6) is 0 Å². The summed E-state index contributed by atoms with van der Waals surface area (Å²) in [6.07, 6.45) is 0.840. The molecule has 1 aliphatic rings. The van der Waals surface area contributed by atoms with Gasteiger partial charge in [-0.25, -0.2) is 0 Å². The van der Waals surface area contributed by atoms with E-state index >= 15 is 0 Å². The maximum atomic E-state index is 12.4. The van der Waals surface area contributed by atoms with Gasteiger partial charge in [0.1, 0.15) is 0 Å². The number of nitrogens with zero attached hydrogens (tertiary/aromatic N) is 1. The van der Waals surface area contributed by atoms with Gasteiger partial charge in [0, 0.05) is 25.8 Å². The Morgan fingerprint density at radius 1 is 1.43 bits per heavy atom. The summed E-state index contributed by atoms with van der Waals surface area (Å²) in [4.78, 5) is 14.2. The highest BCUT2D eigenvalue weighted by molar-refractivity contribution is 5.79. The topological polar surface area (TPSA) is 55.6 Å². The minimum Gasteiger partial charge on any atom is -0.378 e. The fourth-order valence-corrected chi connectivity index (χ4v) is 2.54. The Balaban J connectivity index is 1.95. The number of hydrogen-bond acceptors (Lipinski definition) is 3. The zero-order valence-electron chi connectivity index (χ0n) is 12.6. The van der Waals surface area contributed by atoms with Gasteiger partial charge in [0.25, 0.3) is 0 Å². The first-order chi connectivity index (χ1) is 10.1. The number of benzene rings is 1. The summed E-state index contributed by atoms with van der Waals surface area (Å²) in [6, 6.07) is 7.91. The summed E-state index contributed by atoms with van der Waals surface area (Å²) < 4.78 is 5.47. The van der Waals surface area contributed by atoms with Gasteiger partial charge in [-0.3, -0.25) is 4.79 Å². The van der Waals surface area contributed by atoms with Crippen LogP contribution in [0.1, 0.15) is 24.5 Å². The second-order valence-corrected chi connectivity index (χ2v) is 5.37. The van der Waals surface area contributed by atoms with Gasteiger partial charge in [0.2, 0.25) is 5.91 Å². The molecular weight excluding hydrogens is 264 g/mol. The van der Waals surface area contributed by atoms with Gasteiger partial charge < -0.3 is 15.4 Å². The van der Waals surface area contributed by atoms with E-state index in [1.807, 2.05) is 38.2 Å². The highest BCUT2D eigenvalue weighted by Gasteiger charge is 2.32. The second kappa shape index (κ2) is 7.26. The van der Waals surface area contributed by atoms with Gasteiger partial charge in [-0.2, -0.15) is 0 Å². The molecule has 1 fully saturated rings. The summed E-state index contributed by atoms with van der Waals surface area (Å²) in [6.45, 7) is 3.61. The molecule has 0 aliphatic carbocycles. The Hall–Kier alpha value is -1.83. The molecule has 1 aliphatic heterocycles. The molecule has 4 nitrogen and oxygen atoms in total. The maximum Gasteiger partial charge on any atom is 0.228 e. The molecule has 2 N–H and O–H groups in total. The van der Waals surface area contributed by atoms with Crippen LogP contribution in [0, 0.1) is 17.8 Å². The van der Waals surface area contributed by atoms with Crippen LogP contribution in [0.25, 0.3) is 0 Å². The lowest BCUT2D eigenvalue weighted by molar-refractivity contribution is -0.136. The molecule has 2 rings (SSSR count). The fourth-order valence-electron chi connectivity index (χ4n) is 2.54.